The molecule has 1 heterocycles. The first kappa shape index (κ1) is 14.8. The molecule has 0 aromatic heterocycles. The Kier molecular flexibility index (Phi) is 4.65. The molecule has 0 bridgehead atoms. The third kappa shape index (κ3) is 3.72. The highest BCUT2D eigenvalue weighted by atomic mass is 19.4. The van der Waals surface area contributed by atoms with Gasteiger partial charge < -0.3 is 5.21 Å². The summed E-state index contributed by atoms with van der Waals surface area (Å²) in [5.74, 6) is -2.22. The van der Waals surface area contributed by atoms with E-state index in [1.54, 1.807) is 4.90 Å². The van der Waals surface area contributed by atoms with Crippen LogP contribution in [-0.2, 0) is 6.54 Å². The zero-order chi connectivity index (χ0) is 14.6. The SMILES string of the molecule is ON=CC1CCN(Cc2ccccc2)CC1C(F)(F)F. The molecule has 6 heteroatoms. The molecule has 3 nitrogen and oxygen atoms in total. The molecule has 2 unspecified atom stereocenters. The number of oxime groups is 1. The van der Waals surface area contributed by atoms with Crippen LogP contribution in [0.25, 0.3) is 0 Å². The van der Waals surface area contributed by atoms with Crippen LogP contribution in [0.15, 0.2) is 35.5 Å². The van der Waals surface area contributed by atoms with Gasteiger partial charge >= 0.3 is 6.18 Å². The van der Waals surface area contributed by atoms with E-state index in [9.17, 15) is 13.2 Å². The van der Waals surface area contributed by atoms with E-state index in [1.165, 1.54) is 0 Å². The number of piperidine rings is 1. The summed E-state index contributed by atoms with van der Waals surface area (Å²) in [5.41, 5.74) is 1.00. The number of likely N-dealkylation sites (tertiary alicyclic amines) is 1. The van der Waals surface area contributed by atoms with Crippen molar-refractivity contribution in [1.82, 2.24) is 4.90 Å². The fourth-order valence-electron chi connectivity index (χ4n) is 2.63. The Morgan fingerprint density at radius 3 is 2.60 bits per heavy atom. The summed E-state index contributed by atoms with van der Waals surface area (Å²) in [6.07, 6.45) is -2.92. The van der Waals surface area contributed by atoms with Crippen molar-refractivity contribution in [2.24, 2.45) is 17.0 Å². The molecule has 1 aliphatic rings. The molecule has 2 atom stereocenters. The molecule has 1 fully saturated rings. The Bertz CT molecular complexity index is 447. The number of nitrogens with zero attached hydrogens (tertiary/aromatic N) is 2. The number of alkyl halides is 3. The fourth-order valence-corrected chi connectivity index (χ4v) is 2.63. The predicted molar refractivity (Wildman–Crippen MR) is 69.6 cm³/mol. The van der Waals surface area contributed by atoms with E-state index in [-0.39, 0.29) is 6.54 Å². The van der Waals surface area contributed by atoms with E-state index in [0.717, 1.165) is 11.8 Å². The van der Waals surface area contributed by atoms with Gasteiger partial charge in [0.05, 0.1) is 5.92 Å². The van der Waals surface area contributed by atoms with Crippen molar-refractivity contribution in [1.29, 1.82) is 0 Å². The van der Waals surface area contributed by atoms with Crippen molar-refractivity contribution >= 4 is 6.21 Å². The molecule has 0 saturated carbocycles. The number of hydrogen-bond acceptors (Lipinski definition) is 3. The molecule has 0 amide bonds. The van der Waals surface area contributed by atoms with E-state index in [1.807, 2.05) is 30.3 Å². The predicted octanol–water partition coefficient (Wildman–Crippen LogP) is 3.15. The quantitative estimate of drug-likeness (QED) is 0.526. The lowest BCUT2D eigenvalue weighted by molar-refractivity contribution is -0.194. The Hall–Kier alpha value is -1.56. The molecule has 1 saturated heterocycles. The summed E-state index contributed by atoms with van der Waals surface area (Å²) < 4.78 is 39.2. The van der Waals surface area contributed by atoms with Gasteiger partial charge in [0, 0.05) is 25.2 Å². The minimum absolute atomic E-state index is 0.0604. The van der Waals surface area contributed by atoms with Crippen molar-refractivity contribution in [3.8, 4) is 0 Å². The van der Waals surface area contributed by atoms with E-state index in [4.69, 9.17) is 5.21 Å². The van der Waals surface area contributed by atoms with Crippen LogP contribution in [0.4, 0.5) is 13.2 Å². The van der Waals surface area contributed by atoms with Crippen LogP contribution in [0, 0.1) is 11.8 Å². The van der Waals surface area contributed by atoms with Gasteiger partial charge in [0.1, 0.15) is 0 Å². The maximum atomic E-state index is 13.1. The number of halogens is 3. The number of hydrogen-bond donors (Lipinski definition) is 1. The topological polar surface area (TPSA) is 35.8 Å². The molecule has 1 aromatic carbocycles. The molecule has 1 N–H and O–H groups in total. The van der Waals surface area contributed by atoms with Crippen LogP contribution in [0.2, 0.25) is 0 Å². The lowest BCUT2D eigenvalue weighted by Crippen LogP contribution is -2.46. The Morgan fingerprint density at radius 2 is 2.00 bits per heavy atom. The summed E-state index contributed by atoms with van der Waals surface area (Å²) in [5, 5.41) is 11.3. The van der Waals surface area contributed by atoms with Crippen LogP contribution < -0.4 is 0 Å². The van der Waals surface area contributed by atoms with Gasteiger partial charge in [-0.3, -0.25) is 4.90 Å². The van der Waals surface area contributed by atoms with Crippen molar-refractivity contribution in [3.05, 3.63) is 35.9 Å². The van der Waals surface area contributed by atoms with Gasteiger partial charge in [0.15, 0.2) is 0 Å². The van der Waals surface area contributed by atoms with Crippen molar-refractivity contribution in [2.75, 3.05) is 13.1 Å². The van der Waals surface area contributed by atoms with Gasteiger partial charge in [-0.1, -0.05) is 30.3 Å². The van der Waals surface area contributed by atoms with E-state index in [2.05, 4.69) is 5.16 Å². The second kappa shape index (κ2) is 6.26. The molecule has 20 heavy (non-hydrogen) atoms. The average Bonchev–Trinajstić information content (AvgIpc) is 2.41. The van der Waals surface area contributed by atoms with E-state index in [0.29, 0.717) is 19.5 Å². The standard InChI is InChI=1S/C14H17F3N2O/c15-14(16,17)13-10-19(7-6-12(13)8-18-20)9-11-4-2-1-3-5-11/h1-5,8,12-13,20H,6-7,9-10H2. The number of rotatable bonds is 3. The zero-order valence-corrected chi connectivity index (χ0v) is 10.9. The molecule has 1 aliphatic heterocycles. The second-order valence-corrected chi connectivity index (χ2v) is 5.09. The van der Waals surface area contributed by atoms with Crippen LogP contribution in [0.5, 0.6) is 0 Å². The summed E-state index contributed by atoms with van der Waals surface area (Å²) in [7, 11) is 0. The normalized spacial score (nSPS) is 25.1. The van der Waals surface area contributed by atoms with Crippen LogP contribution >= 0.6 is 0 Å². The molecular formula is C14H17F3N2O. The van der Waals surface area contributed by atoms with Crippen molar-refractivity contribution < 1.29 is 18.4 Å². The average molecular weight is 286 g/mol. The van der Waals surface area contributed by atoms with Crippen LogP contribution in [0.1, 0.15) is 12.0 Å². The van der Waals surface area contributed by atoms with Crippen molar-refractivity contribution in [3.63, 3.8) is 0 Å². The van der Waals surface area contributed by atoms with E-state index < -0.39 is 18.0 Å². The summed E-state index contributed by atoms with van der Waals surface area (Å²) in [4.78, 5) is 1.80. The van der Waals surface area contributed by atoms with Gasteiger partial charge in [-0.05, 0) is 18.5 Å². The Labute approximate surface area is 115 Å². The molecule has 2 rings (SSSR count). The minimum atomic E-state index is -4.28. The van der Waals surface area contributed by atoms with Crippen LogP contribution in [0.3, 0.4) is 0 Å². The van der Waals surface area contributed by atoms with Gasteiger partial charge in [-0.2, -0.15) is 13.2 Å². The summed E-state index contributed by atoms with van der Waals surface area (Å²) in [6.45, 7) is 1.02. The molecular weight excluding hydrogens is 269 g/mol. The largest absolute Gasteiger partial charge is 0.411 e. The van der Waals surface area contributed by atoms with Gasteiger partial charge in [0.25, 0.3) is 0 Å². The molecule has 0 aliphatic carbocycles. The van der Waals surface area contributed by atoms with Crippen LogP contribution in [-0.4, -0.2) is 35.6 Å². The van der Waals surface area contributed by atoms with Crippen molar-refractivity contribution in [2.45, 2.75) is 19.1 Å². The third-order valence-electron chi connectivity index (χ3n) is 3.68. The highest BCUT2D eigenvalue weighted by Gasteiger charge is 2.46. The highest BCUT2D eigenvalue weighted by Crippen LogP contribution is 2.36. The first-order chi connectivity index (χ1) is 9.50. The maximum Gasteiger partial charge on any atom is 0.393 e. The third-order valence-corrected chi connectivity index (χ3v) is 3.68. The lowest BCUT2D eigenvalue weighted by atomic mass is 9.85. The number of benzene rings is 1. The fraction of sp³-hybridized carbons (Fsp3) is 0.500. The van der Waals surface area contributed by atoms with Gasteiger partial charge in [-0.15, -0.1) is 5.16 Å². The monoisotopic (exact) mass is 286 g/mol. The van der Waals surface area contributed by atoms with E-state index >= 15 is 0 Å². The smallest absolute Gasteiger partial charge is 0.393 e. The van der Waals surface area contributed by atoms with Gasteiger partial charge in [-0.25, -0.2) is 0 Å². The maximum absolute atomic E-state index is 13.1. The Morgan fingerprint density at radius 1 is 1.30 bits per heavy atom. The minimum Gasteiger partial charge on any atom is -0.411 e. The zero-order valence-electron chi connectivity index (χ0n) is 10.9. The lowest BCUT2D eigenvalue weighted by Gasteiger charge is -2.37. The first-order valence-corrected chi connectivity index (χ1v) is 6.51. The Balaban J connectivity index is 2.05. The molecule has 0 radical (unpaired) electrons. The highest BCUT2D eigenvalue weighted by molar-refractivity contribution is 5.60. The summed E-state index contributed by atoms with van der Waals surface area (Å²) >= 11 is 0. The molecule has 0 spiro atoms. The molecule has 110 valence electrons. The first-order valence-electron chi connectivity index (χ1n) is 6.51. The summed E-state index contributed by atoms with van der Waals surface area (Å²) in [6, 6.07) is 9.45. The second-order valence-electron chi connectivity index (χ2n) is 5.09. The molecule has 1 aromatic rings. The van der Waals surface area contributed by atoms with Gasteiger partial charge in [0.2, 0.25) is 0 Å².